The maximum absolute atomic E-state index is 12.1. The van der Waals surface area contributed by atoms with E-state index in [1.807, 2.05) is 0 Å². The summed E-state index contributed by atoms with van der Waals surface area (Å²) in [6, 6.07) is 6.90. The van der Waals surface area contributed by atoms with Gasteiger partial charge < -0.3 is 15.8 Å². The predicted octanol–water partition coefficient (Wildman–Crippen LogP) is 3.01. The number of hydrogen-bond donors (Lipinski definition) is 2. The number of nitrogens with one attached hydrogen (secondary N) is 1. The second-order valence-corrected chi connectivity index (χ2v) is 3.93. The van der Waals surface area contributed by atoms with E-state index in [0.717, 1.165) is 0 Å². The predicted molar refractivity (Wildman–Crippen MR) is 67.6 cm³/mol. The van der Waals surface area contributed by atoms with E-state index in [2.05, 4.69) is 20.0 Å². The van der Waals surface area contributed by atoms with E-state index in [0.29, 0.717) is 17.3 Å². The van der Waals surface area contributed by atoms with Crippen molar-refractivity contribution >= 4 is 17.3 Å². The van der Waals surface area contributed by atoms with Crippen molar-refractivity contribution < 1.29 is 17.9 Å². The van der Waals surface area contributed by atoms with Crippen molar-refractivity contribution in [2.24, 2.45) is 0 Å². The highest BCUT2D eigenvalue weighted by molar-refractivity contribution is 5.60. The van der Waals surface area contributed by atoms with Crippen molar-refractivity contribution in [3.8, 4) is 5.75 Å². The molecular formula is C12H11F3N4O. The van der Waals surface area contributed by atoms with Gasteiger partial charge in [-0.15, -0.1) is 13.2 Å². The van der Waals surface area contributed by atoms with E-state index < -0.39 is 6.36 Å². The number of hydrogen-bond acceptors (Lipinski definition) is 5. The molecular weight excluding hydrogens is 273 g/mol. The molecule has 0 saturated carbocycles. The summed E-state index contributed by atoms with van der Waals surface area (Å²) < 4.78 is 40.2. The van der Waals surface area contributed by atoms with Gasteiger partial charge in [-0.2, -0.15) is 0 Å². The number of rotatable bonds is 3. The lowest BCUT2D eigenvalue weighted by Gasteiger charge is -2.11. The number of benzene rings is 1. The van der Waals surface area contributed by atoms with Gasteiger partial charge in [0.15, 0.2) is 0 Å². The van der Waals surface area contributed by atoms with Gasteiger partial charge in [-0.3, -0.25) is 0 Å². The number of aryl methyl sites for hydroxylation is 1. The van der Waals surface area contributed by atoms with E-state index in [1.54, 1.807) is 13.0 Å². The van der Waals surface area contributed by atoms with Crippen LogP contribution in [-0.2, 0) is 0 Å². The van der Waals surface area contributed by atoms with Gasteiger partial charge in [0.2, 0.25) is 0 Å². The van der Waals surface area contributed by atoms with Crippen molar-refractivity contribution in [3.05, 3.63) is 36.2 Å². The lowest BCUT2D eigenvalue weighted by molar-refractivity contribution is -0.274. The Kier molecular flexibility index (Phi) is 3.64. The van der Waals surface area contributed by atoms with E-state index in [4.69, 9.17) is 5.73 Å². The van der Waals surface area contributed by atoms with E-state index in [-0.39, 0.29) is 11.6 Å². The van der Waals surface area contributed by atoms with Crippen LogP contribution in [0.2, 0.25) is 0 Å². The van der Waals surface area contributed by atoms with Gasteiger partial charge in [-0.1, -0.05) is 6.07 Å². The Balaban J connectivity index is 2.19. The topological polar surface area (TPSA) is 73.1 Å². The molecule has 2 aromatic rings. The normalized spacial score (nSPS) is 11.2. The first-order chi connectivity index (χ1) is 9.32. The second-order valence-electron chi connectivity index (χ2n) is 3.93. The van der Waals surface area contributed by atoms with Gasteiger partial charge >= 0.3 is 6.36 Å². The lowest BCUT2D eigenvalue weighted by Crippen LogP contribution is -2.17. The average molecular weight is 284 g/mol. The average Bonchev–Trinajstić information content (AvgIpc) is 2.25. The van der Waals surface area contributed by atoms with Gasteiger partial charge in [0, 0.05) is 17.8 Å². The summed E-state index contributed by atoms with van der Waals surface area (Å²) >= 11 is 0. The number of alkyl halides is 3. The number of ether oxygens (including phenoxy) is 1. The summed E-state index contributed by atoms with van der Waals surface area (Å²) in [5.41, 5.74) is 5.95. The lowest BCUT2D eigenvalue weighted by atomic mass is 10.3. The summed E-state index contributed by atoms with van der Waals surface area (Å²) in [4.78, 5) is 7.96. The van der Waals surface area contributed by atoms with E-state index in [1.165, 1.54) is 24.3 Å². The van der Waals surface area contributed by atoms with Gasteiger partial charge in [-0.25, -0.2) is 9.97 Å². The van der Waals surface area contributed by atoms with Crippen LogP contribution in [0, 0.1) is 6.92 Å². The number of aromatic nitrogens is 2. The second kappa shape index (κ2) is 5.24. The third-order valence-corrected chi connectivity index (χ3v) is 2.20. The van der Waals surface area contributed by atoms with Crippen molar-refractivity contribution in [2.45, 2.75) is 13.3 Å². The highest BCUT2D eigenvalue weighted by Gasteiger charge is 2.31. The number of halogens is 3. The summed E-state index contributed by atoms with van der Waals surface area (Å²) in [5.74, 6) is 0.790. The zero-order chi connectivity index (χ0) is 14.8. The van der Waals surface area contributed by atoms with Crippen molar-refractivity contribution in [2.75, 3.05) is 11.1 Å². The van der Waals surface area contributed by atoms with Crippen LogP contribution in [-0.4, -0.2) is 16.3 Å². The quantitative estimate of drug-likeness (QED) is 0.906. The molecule has 1 heterocycles. The van der Waals surface area contributed by atoms with Crippen molar-refractivity contribution in [1.82, 2.24) is 9.97 Å². The first kappa shape index (κ1) is 13.9. The third-order valence-electron chi connectivity index (χ3n) is 2.20. The molecule has 5 nitrogen and oxygen atoms in total. The maximum Gasteiger partial charge on any atom is 0.573 e. The molecule has 8 heteroatoms. The highest BCUT2D eigenvalue weighted by atomic mass is 19.4. The highest BCUT2D eigenvalue weighted by Crippen LogP contribution is 2.26. The maximum atomic E-state index is 12.1. The molecule has 1 aromatic heterocycles. The molecule has 20 heavy (non-hydrogen) atoms. The molecule has 1 aromatic carbocycles. The molecule has 0 fully saturated rings. The largest absolute Gasteiger partial charge is 0.573 e. The zero-order valence-corrected chi connectivity index (χ0v) is 10.4. The van der Waals surface area contributed by atoms with Crippen LogP contribution in [0.15, 0.2) is 30.3 Å². The first-order valence-corrected chi connectivity index (χ1v) is 5.56. The molecule has 0 saturated heterocycles. The Morgan fingerprint density at radius 2 is 1.95 bits per heavy atom. The molecule has 0 aliphatic carbocycles. The zero-order valence-electron chi connectivity index (χ0n) is 10.4. The third kappa shape index (κ3) is 4.01. The molecule has 0 amide bonds. The summed E-state index contributed by atoms with van der Waals surface area (Å²) in [5, 5.41) is 2.83. The van der Waals surface area contributed by atoms with Gasteiger partial charge in [-0.05, 0) is 19.1 Å². The smallest absolute Gasteiger partial charge is 0.406 e. The standard InChI is InChI=1S/C12H11F3N4O/c1-7-17-10(16)6-11(18-7)19-8-3-2-4-9(5-8)20-12(13,14)15/h2-6H,1H3,(H3,16,17,18,19). The number of anilines is 3. The first-order valence-electron chi connectivity index (χ1n) is 5.56. The summed E-state index contributed by atoms with van der Waals surface area (Å²) in [7, 11) is 0. The van der Waals surface area contributed by atoms with Crippen LogP contribution >= 0.6 is 0 Å². The van der Waals surface area contributed by atoms with Crippen LogP contribution in [0.25, 0.3) is 0 Å². The molecule has 0 aliphatic rings. The van der Waals surface area contributed by atoms with Crippen LogP contribution < -0.4 is 15.8 Å². The molecule has 106 valence electrons. The molecule has 0 bridgehead atoms. The fourth-order valence-corrected chi connectivity index (χ4v) is 1.57. The summed E-state index contributed by atoms with van der Waals surface area (Å²) in [6.07, 6.45) is -4.73. The molecule has 3 N–H and O–H groups in total. The van der Waals surface area contributed by atoms with E-state index in [9.17, 15) is 13.2 Å². The van der Waals surface area contributed by atoms with Crippen molar-refractivity contribution in [1.29, 1.82) is 0 Å². The van der Waals surface area contributed by atoms with Crippen molar-refractivity contribution in [3.63, 3.8) is 0 Å². The van der Waals surface area contributed by atoms with Crippen LogP contribution in [0.5, 0.6) is 5.75 Å². The minimum absolute atomic E-state index is 0.266. The Labute approximate surface area is 112 Å². The number of nitrogens with zero attached hydrogens (tertiary/aromatic N) is 2. The molecule has 0 atom stereocenters. The molecule has 2 rings (SSSR count). The Morgan fingerprint density at radius 3 is 2.60 bits per heavy atom. The number of nitrogen functional groups attached to an aromatic ring is 1. The van der Waals surface area contributed by atoms with Gasteiger partial charge in [0.05, 0.1) is 0 Å². The van der Waals surface area contributed by atoms with Crippen LogP contribution in [0.3, 0.4) is 0 Å². The fourth-order valence-electron chi connectivity index (χ4n) is 1.57. The minimum atomic E-state index is -4.73. The Bertz CT molecular complexity index is 596. The Morgan fingerprint density at radius 1 is 1.20 bits per heavy atom. The molecule has 0 aliphatic heterocycles. The van der Waals surface area contributed by atoms with Crippen LogP contribution in [0.1, 0.15) is 5.82 Å². The van der Waals surface area contributed by atoms with Gasteiger partial charge in [0.1, 0.15) is 23.2 Å². The SMILES string of the molecule is Cc1nc(N)cc(Nc2cccc(OC(F)(F)F)c2)n1. The Hall–Kier alpha value is -2.51. The van der Waals surface area contributed by atoms with Crippen LogP contribution in [0.4, 0.5) is 30.5 Å². The fraction of sp³-hybridized carbons (Fsp3) is 0.167. The molecule has 0 unspecified atom stereocenters. The van der Waals surface area contributed by atoms with E-state index >= 15 is 0 Å². The molecule has 0 spiro atoms. The summed E-state index contributed by atoms with van der Waals surface area (Å²) in [6.45, 7) is 1.66. The molecule has 0 radical (unpaired) electrons. The monoisotopic (exact) mass is 284 g/mol. The van der Waals surface area contributed by atoms with Gasteiger partial charge in [0.25, 0.3) is 0 Å². The minimum Gasteiger partial charge on any atom is -0.406 e. The number of nitrogens with two attached hydrogens (primary N) is 1.